The summed E-state index contributed by atoms with van der Waals surface area (Å²) in [6.45, 7) is 11.0. The normalized spacial score (nSPS) is 26.2. The van der Waals surface area contributed by atoms with Crippen LogP contribution >= 0.6 is 0 Å². The molecule has 0 aromatic rings. The van der Waals surface area contributed by atoms with Crippen molar-refractivity contribution in [2.75, 3.05) is 0 Å². The SMILES string of the molecule is CC(C)=CC[C@@H]1C(=O)C(C(=O)CC(C)C)C(=O)[C@]1(O)C(=O)C=CC(C)C. The number of hydrogen-bond acceptors (Lipinski definition) is 5. The highest BCUT2D eigenvalue weighted by molar-refractivity contribution is 6.34. The zero-order chi connectivity index (χ0) is 20.2. The van der Waals surface area contributed by atoms with E-state index in [0.29, 0.717) is 0 Å². The molecule has 1 N–H and O–H groups in total. The van der Waals surface area contributed by atoms with Gasteiger partial charge in [0.05, 0.1) is 5.92 Å². The van der Waals surface area contributed by atoms with Crippen molar-refractivity contribution in [3.63, 3.8) is 0 Å². The van der Waals surface area contributed by atoms with E-state index in [1.807, 2.05) is 41.5 Å². The van der Waals surface area contributed by atoms with Crippen LogP contribution in [0.2, 0.25) is 0 Å². The number of allylic oxidation sites excluding steroid dienone is 3. The highest BCUT2D eigenvalue weighted by Gasteiger charge is 2.63. The van der Waals surface area contributed by atoms with E-state index in [9.17, 15) is 24.3 Å². The molecule has 0 aromatic heterocycles. The van der Waals surface area contributed by atoms with E-state index < -0.39 is 40.6 Å². The average molecular weight is 362 g/mol. The Morgan fingerprint density at radius 2 is 1.73 bits per heavy atom. The van der Waals surface area contributed by atoms with Gasteiger partial charge in [-0.3, -0.25) is 19.2 Å². The van der Waals surface area contributed by atoms with Gasteiger partial charge >= 0.3 is 0 Å². The molecule has 0 spiro atoms. The summed E-state index contributed by atoms with van der Waals surface area (Å²) in [6.07, 6.45) is 4.54. The van der Waals surface area contributed by atoms with Crippen LogP contribution in [0, 0.1) is 23.7 Å². The molecule has 1 fully saturated rings. The monoisotopic (exact) mass is 362 g/mol. The molecule has 5 nitrogen and oxygen atoms in total. The third-order valence-electron chi connectivity index (χ3n) is 4.47. The Bertz CT molecular complexity index is 649. The van der Waals surface area contributed by atoms with Crippen molar-refractivity contribution in [2.24, 2.45) is 23.7 Å². The Morgan fingerprint density at radius 1 is 1.15 bits per heavy atom. The Balaban J connectivity index is 3.35. The fourth-order valence-corrected chi connectivity index (χ4v) is 3.09. The van der Waals surface area contributed by atoms with Crippen LogP contribution in [-0.2, 0) is 19.2 Å². The van der Waals surface area contributed by atoms with Gasteiger partial charge in [-0.05, 0) is 38.2 Å². The highest BCUT2D eigenvalue weighted by Crippen LogP contribution is 2.39. The number of carbonyl (C=O) groups excluding carboxylic acids is 4. The zero-order valence-corrected chi connectivity index (χ0v) is 16.5. The molecule has 1 aliphatic carbocycles. The van der Waals surface area contributed by atoms with Gasteiger partial charge in [0, 0.05) is 6.42 Å². The molecule has 0 aromatic carbocycles. The van der Waals surface area contributed by atoms with E-state index in [1.165, 1.54) is 0 Å². The third-order valence-corrected chi connectivity index (χ3v) is 4.47. The van der Waals surface area contributed by atoms with Crippen LogP contribution in [0.4, 0.5) is 0 Å². The molecule has 0 radical (unpaired) electrons. The average Bonchev–Trinajstić information content (AvgIpc) is 2.69. The molecule has 1 rings (SSSR count). The predicted molar refractivity (Wildman–Crippen MR) is 99.4 cm³/mol. The molecule has 0 heterocycles. The molecule has 144 valence electrons. The van der Waals surface area contributed by atoms with Gasteiger partial charge in [-0.1, -0.05) is 45.4 Å². The van der Waals surface area contributed by atoms with Crippen molar-refractivity contribution in [1.82, 2.24) is 0 Å². The lowest BCUT2D eigenvalue weighted by Gasteiger charge is -2.24. The number of hydrogen-bond donors (Lipinski definition) is 1. The number of aliphatic hydroxyl groups is 1. The van der Waals surface area contributed by atoms with Crippen LogP contribution in [-0.4, -0.2) is 33.8 Å². The maximum absolute atomic E-state index is 12.8. The summed E-state index contributed by atoms with van der Waals surface area (Å²) in [7, 11) is 0. The first-order valence-electron chi connectivity index (χ1n) is 9.12. The van der Waals surface area contributed by atoms with Crippen LogP contribution in [0.1, 0.15) is 54.4 Å². The van der Waals surface area contributed by atoms with Gasteiger partial charge in [-0.2, -0.15) is 0 Å². The first kappa shape index (κ1) is 22.2. The third kappa shape index (κ3) is 4.64. The standard InChI is InChI=1S/C21H30O5/c1-12(2)7-9-15-19(24)18(16(22)11-14(5)6)20(25)21(15,26)17(23)10-8-13(3)4/h7-8,10,13-15,18,26H,9,11H2,1-6H3/t15-,18?,21-/m1/s1. The second-order valence-electron chi connectivity index (χ2n) is 8.07. The second kappa shape index (κ2) is 8.67. The van der Waals surface area contributed by atoms with E-state index in [1.54, 1.807) is 12.2 Å². The van der Waals surface area contributed by atoms with E-state index in [0.717, 1.165) is 11.6 Å². The van der Waals surface area contributed by atoms with Gasteiger partial charge in [-0.25, -0.2) is 0 Å². The van der Waals surface area contributed by atoms with E-state index in [2.05, 4.69) is 0 Å². The lowest BCUT2D eigenvalue weighted by Crippen LogP contribution is -2.49. The van der Waals surface area contributed by atoms with Gasteiger partial charge in [0.2, 0.25) is 0 Å². The molecule has 1 unspecified atom stereocenters. The molecule has 26 heavy (non-hydrogen) atoms. The Morgan fingerprint density at radius 3 is 2.19 bits per heavy atom. The number of Topliss-reactive ketones (excluding diaryl/α,β-unsaturated/α-hetero) is 3. The molecule has 5 heteroatoms. The van der Waals surface area contributed by atoms with Crippen molar-refractivity contribution >= 4 is 23.1 Å². The summed E-state index contributed by atoms with van der Waals surface area (Å²) >= 11 is 0. The van der Waals surface area contributed by atoms with Gasteiger partial charge in [0.25, 0.3) is 0 Å². The van der Waals surface area contributed by atoms with E-state index in [4.69, 9.17) is 0 Å². The fourth-order valence-electron chi connectivity index (χ4n) is 3.09. The molecule has 1 saturated carbocycles. The molecular formula is C21H30O5. The Kier molecular flexibility index (Phi) is 7.39. The van der Waals surface area contributed by atoms with E-state index in [-0.39, 0.29) is 24.7 Å². The van der Waals surface area contributed by atoms with Gasteiger partial charge < -0.3 is 5.11 Å². The fraction of sp³-hybridized carbons (Fsp3) is 0.619. The highest BCUT2D eigenvalue weighted by atomic mass is 16.3. The summed E-state index contributed by atoms with van der Waals surface area (Å²) < 4.78 is 0. The first-order chi connectivity index (χ1) is 11.9. The van der Waals surface area contributed by atoms with Gasteiger partial charge in [0.15, 0.2) is 28.7 Å². The van der Waals surface area contributed by atoms with Crippen LogP contribution in [0.3, 0.4) is 0 Å². The summed E-state index contributed by atoms with van der Waals surface area (Å²) in [6, 6.07) is 0. The Hall–Kier alpha value is -1.88. The Labute approximate surface area is 155 Å². The minimum absolute atomic E-state index is 0.0236. The molecule has 0 aliphatic heterocycles. The van der Waals surface area contributed by atoms with Crippen LogP contribution in [0.5, 0.6) is 0 Å². The maximum Gasteiger partial charge on any atom is 0.196 e. The number of ketones is 4. The molecule has 3 atom stereocenters. The quantitative estimate of drug-likeness (QED) is 0.407. The molecule has 0 amide bonds. The lowest BCUT2D eigenvalue weighted by molar-refractivity contribution is -0.151. The minimum Gasteiger partial charge on any atom is -0.374 e. The topological polar surface area (TPSA) is 88.5 Å². The van der Waals surface area contributed by atoms with E-state index >= 15 is 0 Å². The van der Waals surface area contributed by atoms with Crippen molar-refractivity contribution in [1.29, 1.82) is 0 Å². The second-order valence-corrected chi connectivity index (χ2v) is 8.07. The predicted octanol–water partition coefficient (Wildman–Crippen LogP) is 2.85. The molecular weight excluding hydrogens is 332 g/mol. The largest absolute Gasteiger partial charge is 0.374 e. The van der Waals surface area contributed by atoms with Gasteiger partial charge in [0.1, 0.15) is 5.92 Å². The number of rotatable bonds is 8. The first-order valence-corrected chi connectivity index (χ1v) is 9.12. The molecule has 0 saturated heterocycles. The summed E-state index contributed by atoms with van der Waals surface area (Å²) in [5.41, 5.74) is -1.57. The van der Waals surface area contributed by atoms with Crippen LogP contribution in [0.15, 0.2) is 23.8 Å². The molecule has 0 bridgehead atoms. The van der Waals surface area contributed by atoms with Gasteiger partial charge in [-0.15, -0.1) is 0 Å². The summed E-state index contributed by atoms with van der Waals surface area (Å²) in [5.74, 6) is -5.71. The molecule has 1 aliphatic rings. The zero-order valence-electron chi connectivity index (χ0n) is 16.5. The maximum atomic E-state index is 12.8. The van der Waals surface area contributed by atoms with Crippen molar-refractivity contribution in [2.45, 2.75) is 60.0 Å². The van der Waals surface area contributed by atoms with Crippen molar-refractivity contribution in [3.05, 3.63) is 23.8 Å². The summed E-state index contributed by atoms with van der Waals surface area (Å²) in [5, 5.41) is 11.0. The van der Waals surface area contributed by atoms with Crippen molar-refractivity contribution < 1.29 is 24.3 Å². The summed E-state index contributed by atoms with van der Waals surface area (Å²) in [4.78, 5) is 50.7. The number of carbonyl (C=O) groups is 4. The minimum atomic E-state index is -2.47. The van der Waals surface area contributed by atoms with Crippen LogP contribution < -0.4 is 0 Å². The smallest absolute Gasteiger partial charge is 0.196 e. The lowest BCUT2D eigenvalue weighted by atomic mass is 9.82. The van der Waals surface area contributed by atoms with Crippen molar-refractivity contribution in [3.8, 4) is 0 Å². The van der Waals surface area contributed by atoms with Crippen LogP contribution in [0.25, 0.3) is 0 Å².